The zero-order chi connectivity index (χ0) is 15.9. The van der Waals surface area contributed by atoms with Crippen LogP contribution in [-0.2, 0) is 4.74 Å². The lowest BCUT2D eigenvalue weighted by Gasteiger charge is -2.18. The highest BCUT2D eigenvalue weighted by Crippen LogP contribution is 2.19. The highest BCUT2D eigenvalue weighted by atomic mass is 16.5. The summed E-state index contributed by atoms with van der Waals surface area (Å²) in [5, 5.41) is 6.59. The summed E-state index contributed by atoms with van der Waals surface area (Å²) in [7, 11) is 1.59. The first-order valence-electron chi connectivity index (χ1n) is 7.10. The Morgan fingerprint density at radius 1 is 1.36 bits per heavy atom. The predicted octanol–water partition coefficient (Wildman–Crippen LogP) is 2.50. The number of aromatic nitrogens is 1. The van der Waals surface area contributed by atoms with E-state index >= 15 is 0 Å². The molecule has 0 aliphatic rings. The SMILES string of the molecule is CCOc1ccc([C@@H](COC)NC(=O)c2cc(C)no2)cc1. The minimum Gasteiger partial charge on any atom is -0.494 e. The number of benzene rings is 1. The van der Waals surface area contributed by atoms with E-state index < -0.39 is 0 Å². The number of ether oxygens (including phenoxy) is 2. The van der Waals surface area contributed by atoms with E-state index in [0.717, 1.165) is 11.3 Å². The molecule has 1 N–H and O–H groups in total. The molecule has 0 fully saturated rings. The van der Waals surface area contributed by atoms with Crippen molar-refractivity contribution in [2.45, 2.75) is 19.9 Å². The van der Waals surface area contributed by atoms with Gasteiger partial charge in [0.15, 0.2) is 0 Å². The number of methoxy groups -OCH3 is 1. The molecule has 0 saturated heterocycles. The number of nitrogens with one attached hydrogen (secondary N) is 1. The van der Waals surface area contributed by atoms with Gasteiger partial charge in [-0.25, -0.2) is 0 Å². The van der Waals surface area contributed by atoms with Crippen molar-refractivity contribution < 1.29 is 18.8 Å². The number of carbonyl (C=O) groups excluding carboxylic acids is 1. The van der Waals surface area contributed by atoms with Crippen LogP contribution in [0, 0.1) is 6.92 Å². The normalized spacial score (nSPS) is 12.0. The molecule has 0 bridgehead atoms. The molecule has 0 aliphatic heterocycles. The van der Waals surface area contributed by atoms with Gasteiger partial charge in [-0.15, -0.1) is 0 Å². The summed E-state index contributed by atoms with van der Waals surface area (Å²) in [6, 6.07) is 8.86. The molecule has 0 radical (unpaired) electrons. The molecule has 22 heavy (non-hydrogen) atoms. The number of aryl methyl sites for hydroxylation is 1. The van der Waals surface area contributed by atoms with Crippen LogP contribution in [-0.4, -0.2) is 31.4 Å². The minimum atomic E-state index is -0.323. The van der Waals surface area contributed by atoms with Crippen molar-refractivity contribution in [1.82, 2.24) is 10.5 Å². The lowest BCUT2D eigenvalue weighted by molar-refractivity contribution is 0.0860. The molecule has 0 aliphatic carbocycles. The Kier molecular flexibility index (Phi) is 5.55. The Morgan fingerprint density at radius 2 is 2.09 bits per heavy atom. The standard InChI is InChI=1S/C16H20N2O4/c1-4-21-13-7-5-12(6-8-13)14(10-20-3)17-16(19)15-9-11(2)18-22-15/h5-9,14H,4,10H2,1-3H3,(H,17,19)/t14-/m1/s1. The van der Waals surface area contributed by atoms with E-state index in [1.807, 2.05) is 31.2 Å². The Morgan fingerprint density at radius 3 is 2.64 bits per heavy atom. The topological polar surface area (TPSA) is 73.6 Å². The molecule has 0 unspecified atom stereocenters. The second kappa shape index (κ2) is 7.61. The second-order valence-corrected chi connectivity index (χ2v) is 4.82. The monoisotopic (exact) mass is 304 g/mol. The van der Waals surface area contributed by atoms with Crippen molar-refractivity contribution in [2.24, 2.45) is 0 Å². The van der Waals surface area contributed by atoms with E-state index in [1.165, 1.54) is 0 Å². The molecule has 1 aromatic carbocycles. The number of carbonyl (C=O) groups is 1. The third-order valence-corrected chi connectivity index (χ3v) is 3.08. The van der Waals surface area contributed by atoms with Crippen molar-refractivity contribution in [1.29, 1.82) is 0 Å². The van der Waals surface area contributed by atoms with Gasteiger partial charge >= 0.3 is 0 Å². The molecular weight excluding hydrogens is 284 g/mol. The first-order chi connectivity index (χ1) is 10.6. The van der Waals surface area contributed by atoms with Gasteiger partial charge in [-0.1, -0.05) is 17.3 Å². The Hall–Kier alpha value is -2.34. The van der Waals surface area contributed by atoms with Gasteiger partial charge in [-0.2, -0.15) is 0 Å². The van der Waals surface area contributed by atoms with Crippen molar-refractivity contribution in [2.75, 3.05) is 20.3 Å². The van der Waals surface area contributed by atoms with Gasteiger partial charge in [0.2, 0.25) is 5.76 Å². The van der Waals surface area contributed by atoms with E-state index in [9.17, 15) is 4.79 Å². The fraction of sp³-hybridized carbons (Fsp3) is 0.375. The van der Waals surface area contributed by atoms with Gasteiger partial charge in [0.1, 0.15) is 5.75 Å². The van der Waals surface area contributed by atoms with Gasteiger partial charge < -0.3 is 19.3 Å². The third-order valence-electron chi connectivity index (χ3n) is 3.08. The van der Waals surface area contributed by atoms with E-state index in [4.69, 9.17) is 14.0 Å². The number of rotatable bonds is 7. The van der Waals surface area contributed by atoms with Gasteiger partial charge in [0.05, 0.1) is 24.9 Å². The lowest BCUT2D eigenvalue weighted by atomic mass is 10.1. The number of hydrogen-bond donors (Lipinski definition) is 1. The van der Waals surface area contributed by atoms with E-state index in [2.05, 4.69) is 10.5 Å². The highest BCUT2D eigenvalue weighted by Gasteiger charge is 2.18. The van der Waals surface area contributed by atoms with Crippen molar-refractivity contribution in [3.63, 3.8) is 0 Å². The third kappa shape index (κ3) is 4.08. The van der Waals surface area contributed by atoms with Crippen LogP contribution in [0.2, 0.25) is 0 Å². The summed E-state index contributed by atoms with van der Waals surface area (Å²) < 4.78 is 15.6. The molecular formula is C16H20N2O4. The summed E-state index contributed by atoms with van der Waals surface area (Å²) in [4.78, 5) is 12.2. The van der Waals surface area contributed by atoms with Crippen LogP contribution >= 0.6 is 0 Å². The quantitative estimate of drug-likeness (QED) is 0.850. The smallest absolute Gasteiger partial charge is 0.290 e. The fourth-order valence-electron chi connectivity index (χ4n) is 2.05. The highest BCUT2D eigenvalue weighted by molar-refractivity contribution is 5.91. The van der Waals surface area contributed by atoms with Crippen LogP contribution in [0.5, 0.6) is 5.75 Å². The Balaban J connectivity index is 2.10. The Bertz CT molecular complexity index is 607. The zero-order valence-electron chi connectivity index (χ0n) is 13.0. The van der Waals surface area contributed by atoms with Crippen LogP contribution < -0.4 is 10.1 Å². The molecule has 0 saturated carbocycles. The summed E-state index contributed by atoms with van der Waals surface area (Å²) in [5.74, 6) is 0.653. The predicted molar refractivity (Wildman–Crippen MR) is 80.9 cm³/mol. The fourth-order valence-corrected chi connectivity index (χ4v) is 2.05. The molecule has 2 rings (SSSR count). The van der Waals surface area contributed by atoms with E-state index in [1.54, 1.807) is 20.1 Å². The van der Waals surface area contributed by atoms with E-state index in [-0.39, 0.29) is 17.7 Å². The summed E-state index contributed by atoms with van der Waals surface area (Å²) in [6.45, 7) is 4.66. The maximum absolute atomic E-state index is 12.2. The largest absolute Gasteiger partial charge is 0.494 e. The molecule has 2 aromatic rings. The average Bonchev–Trinajstić information content (AvgIpc) is 2.95. The minimum absolute atomic E-state index is 0.185. The maximum atomic E-state index is 12.2. The first-order valence-corrected chi connectivity index (χ1v) is 7.10. The molecule has 1 amide bonds. The first kappa shape index (κ1) is 16.0. The Labute approximate surface area is 129 Å². The second-order valence-electron chi connectivity index (χ2n) is 4.82. The van der Waals surface area contributed by atoms with Gasteiger partial charge in [0, 0.05) is 13.2 Å². The molecule has 0 spiro atoms. The zero-order valence-corrected chi connectivity index (χ0v) is 13.0. The van der Waals surface area contributed by atoms with Crippen LogP contribution in [0.4, 0.5) is 0 Å². The number of amides is 1. The average molecular weight is 304 g/mol. The van der Waals surface area contributed by atoms with E-state index in [0.29, 0.717) is 18.9 Å². The van der Waals surface area contributed by atoms with Crippen LogP contribution in [0.15, 0.2) is 34.9 Å². The van der Waals surface area contributed by atoms with Crippen LogP contribution in [0.1, 0.15) is 34.8 Å². The molecule has 1 aromatic heterocycles. The number of nitrogens with zero attached hydrogens (tertiary/aromatic N) is 1. The van der Waals surface area contributed by atoms with Crippen molar-refractivity contribution in [3.8, 4) is 5.75 Å². The molecule has 1 atom stereocenters. The van der Waals surface area contributed by atoms with Gasteiger partial charge in [0.25, 0.3) is 5.91 Å². The number of hydrogen-bond acceptors (Lipinski definition) is 5. The van der Waals surface area contributed by atoms with Crippen molar-refractivity contribution in [3.05, 3.63) is 47.3 Å². The lowest BCUT2D eigenvalue weighted by Crippen LogP contribution is -2.31. The summed E-state index contributed by atoms with van der Waals surface area (Å²) in [6.07, 6.45) is 0. The molecule has 1 heterocycles. The summed E-state index contributed by atoms with van der Waals surface area (Å²) in [5.41, 5.74) is 1.59. The van der Waals surface area contributed by atoms with Gasteiger partial charge in [-0.3, -0.25) is 4.79 Å². The van der Waals surface area contributed by atoms with Gasteiger partial charge in [-0.05, 0) is 31.5 Å². The summed E-state index contributed by atoms with van der Waals surface area (Å²) >= 11 is 0. The molecule has 6 nitrogen and oxygen atoms in total. The molecule has 118 valence electrons. The maximum Gasteiger partial charge on any atom is 0.290 e. The molecule has 6 heteroatoms. The van der Waals surface area contributed by atoms with Crippen LogP contribution in [0.3, 0.4) is 0 Å². The van der Waals surface area contributed by atoms with Crippen molar-refractivity contribution >= 4 is 5.91 Å². The van der Waals surface area contributed by atoms with Crippen LogP contribution in [0.25, 0.3) is 0 Å².